The maximum absolute atomic E-state index is 13.5. The zero-order valence-electron chi connectivity index (χ0n) is 18.7. The lowest BCUT2D eigenvalue weighted by Crippen LogP contribution is -2.16. The van der Waals surface area contributed by atoms with E-state index in [0.29, 0.717) is 33.9 Å². The number of alkyl halides is 3. The lowest BCUT2D eigenvalue weighted by atomic mass is 10.2. The monoisotopic (exact) mass is 536 g/mol. The zero-order chi connectivity index (χ0) is 24.8. The molecule has 12 heteroatoms. The first kappa shape index (κ1) is 23.7. The molecule has 0 bridgehead atoms. The molecule has 0 atom stereocenters. The molecule has 0 saturated carbocycles. The van der Waals surface area contributed by atoms with Gasteiger partial charge in [-0.2, -0.15) is 23.4 Å². The summed E-state index contributed by atoms with van der Waals surface area (Å²) in [6, 6.07) is 8.40. The number of benzene rings is 1. The summed E-state index contributed by atoms with van der Waals surface area (Å²) >= 11 is 3.19. The Bertz CT molecular complexity index is 1410. The number of anilines is 1. The fourth-order valence-electron chi connectivity index (χ4n) is 3.61. The lowest BCUT2D eigenvalue weighted by molar-refractivity contribution is -0.142. The van der Waals surface area contributed by atoms with Crippen molar-refractivity contribution >= 4 is 33.2 Å². The van der Waals surface area contributed by atoms with Crippen molar-refractivity contribution in [3.8, 4) is 5.75 Å². The van der Waals surface area contributed by atoms with E-state index >= 15 is 0 Å². The second-order valence-electron chi connectivity index (χ2n) is 7.69. The molecule has 1 amide bonds. The van der Waals surface area contributed by atoms with Gasteiger partial charge in [-0.15, -0.1) is 0 Å². The van der Waals surface area contributed by atoms with Crippen molar-refractivity contribution in [2.75, 3.05) is 12.4 Å². The third-order valence-corrected chi connectivity index (χ3v) is 5.98. The fraction of sp³-hybridized carbons (Fsp3) is 0.273. The number of hydrogen-bond donors (Lipinski definition) is 1. The van der Waals surface area contributed by atoms with Gasteiger partial charge in [-0.3, -0.25) is 9.48 Å². The predicted molar refractivity (Wildman–Crippen MR) is 122 cm³/mol. The van der Waals surface area contributed by atoms with E-state index < -0.39 is 17.8 Å². The Morgan fingerprint density at radius 3 is 2.59 bits per heavy atom. The van der Waals surface area contributed by atoms with Crippen molar-refractivity contribution in [2.24, 2.45) is 0 Å². The molecule has 0 unspecified atom stereocenters. The zero-order valence-corrected chi connectivity index (χ0v) is 20.2. The molecular formula is C22H20BrF3N6O2. The Labute approximate surface area is 200 Å². The number of halogens is 4. The van der Waals surface area contributed by atoms with Crippen LogP contribution in [0.25, 0.3) is 5.65 Å². The summed E-state index contributed by atoms with van der Waals surface area (Å²) in [7, 11) is 1.59. The van der Waals surface area contributed by atoms with Crippen LogP contribution in [-0.2, 0) is 12.7 Å². The van der Waals surface area contributed by atoms with Crippen molar-refractivity contribution < 1.29 is 22.7 Å². The Balaban J connectivity index is 1.66. The van der Waals surface area contributed by atoms with E-state index in [0.717, 1.165) is 11.6 Å². The number of nitrogens with zero attached hydrogens (tertiary/aromatic N) is 5. The Morgan fingerprint density at radius 1 is 1.18 bits per heavy atom. The highest BCUT2D eigenvalue weighted by Gasteiger charge is 2.36. The molecule has 0 aliphatic heterocycles. The maximum atomic E-state index is 13.5. The molecule has 0 radical (unpaired) electrons. The van der Waals surface area contributed by atoms with Crippen molar-refractivity contribution in [3.63, 3.8) is 0 Å². The van der Waals surface area contributed by atoms with Crippen LogP contribution in [0.1, 0.15) is 38.8 Å². The van der Waals surface area contributed by atoms with Gasteiger partial charge in [-0.05, 0) is 60.5 Å². The average molecular weight is 537 g/mol. The summed E-state index contributed by atoms with van der Waals surface area (Å²) < 4.78 is 48.2. The molecule has 0 spiro atoms. The van der Waals surface area contributed by atoms with Gasteiger partial charge in [0, 0.05) is 5.69 Å². The molecular weight excluding hydrogens is 517 g/mol. The summed E-state index contributed by atoms with van der Waals surface area (Å²) in [6.07, 6.45) is -4.67. The molecule has 178 valence electrons. The number of aromatic nitrogens is 5. The SMILES string of the molecule is COc1cccc(Cn2nc(C)c(NC(=O)c3nn4c(C(F)(F)F)cc(C)nc4c3Br)c2C)c1. The minimum Gasteiger partial charge on any atom is -0.497 e. The number of nitrogens with one attached hydrogen (secondary N) is 1. The van der Waals surface area contributed by atoms with E-state index in [1.54, 1.807) is 25.6 Å². The van der Waals surface area contributed by atoms with Gasteiger partial charge in [0.15, 0.2) is 11.3 Å². The molecule has 4 aromatic rings. The number of hydrogen-bond acceptors (Lipinski definition) is 5. The van der Waals surface area contributed by atoms with Gasteiger partial charge in [-0.1, -0.05) is 12.1 Å². The van der Waals surface area contributed by atoms with E-state index in [9.17, 15) is 18.0 Å². The molecule has 4 rings (SSSR count). The van der Waals surface area contributed by atoms with Gasteiger partial charge in [0.05, 0.1) is 35.2 Å². The Morgan fingerprint density at radius 2 is 1.91 bits per heavy atom. The van der Waals surface area contributed by atoms with Crippen LogP contribution in [0.5, 0.6) is 5.75 Å². The first-order chi connectivity index (χ1) is 16.0. The van der Waals surface area contributed by atoms with Crippen molar-refractivity contribution in [3.05, 3.63) is 68.8 Å². The highest BCUT2D eigenvalue weighted by atomic mass is 79.9. The fourth-order valence-corrected chi connectivity index (χ4v) is 4.12. The largest absolute Gasteiger partial charge is 0.497 e. The van der Waals surface area contributed by atoms with Gasteiger partial charge >= 0.3 is 6.18 Å². The number of carbonyl (C=O) groups excluding carboxylic acids is 1. The number of ether oxygens (including phenoxy) is 1. The van der Waals surface area contributed by atoms with Gasteiger partial charge in [-0.25, -0.2) is 9.50 Å². The third-order valence-electron chi connectivity index (χ3n) is 5.25. The second-order valence-corrected chi connectivity index (χ2v) is 8.48. The molecule has 3 heterocycles. The van der Waals surface area contributed by atoms with Crippen LogP contribution < -0.4 is 10.1 Å². The van der Waals surface area contributed by atoms with E-state index in [4.69, 9.17) is 4.74 Å². The highest BCUT2D eigenvalue weighted by molar-refractivity contribution is 9.10. The number of fused-ring (bicyclic) bond motifs is 1. The smallest absolute Gasteiger partial charge is 0.433 e. The second kappa shape index (κ2) is 8.75. The van der Waals surface area contributed by atoms with Gasteiger partial charge in [0.2, 0.25) is 0 Å². The molecule has 8 nitrogen and oxygen atoms in total. The first-order valence-corrected chi connectivity index (χ1v) is 10.9. The predicted octanol–water partition coefficient (Wildman–Crippen LogP) is 4.94. The van der Waals surface area contributed by atoms with E-state index in [1.165, 1.54) is 6.92 Å². The van der Waals surface area contributed by atoms with E-state index in [-0.39, 0.29) is 21.5 Å². The quantitative estimate of drug-likeness (QED) is 0.390. The minimum absolute atomic E-state index is 0.0679. The van der Waals surface area contributed by atoms with Crippen LogP contribution in [0, 0.1) is 20.8 Å². The van der Waals surface area contributed by atoms with Crippen molar-refractivity contribution in [1.82, 2.24) is 24.4 Å². The average Bonchev–Trinajstić information content (AvgIpc) is 3.24. The molecule has 3 aromatic heterocycles. The van der Waals surface area contributed by atoms with Gasteiger partial charge in [0.25, 0.3) is 5.91 Å². The lowest BCUT2D eigenvalue weighted by Gasteiger charge is -2.09. The topological polar surface area (TPSA) is 86.3 Å². The number of rotatable bonds is 5. The summed E-state index contributed by atoms with van der Waals surface area (Å²) in [5.74, 6) is 0.0293. The molecule has 0 fully saturated rings. The molecule has 1 aromatic carbocycles. The maximum Gasteiger partial charge on any atom is 0.433 e. The van der Waals surface area contributed by atoms with Crippen LogP contribution >= 0.6 is 15.9 Å². The number of methoxy groups -OCH3 is 1. The van der Waals surface area contributed by atoms with Crippen LogP contribution in [0.15, 0.2) is 34.8 Å². The third kappa shape index (κ3) is 4.37. The number of amides is 1. The molecule has 0 saturated heterocycles. The highest BCUT2D eigenvalue weighted by Crippen LogP contribution is 2.33. The van der Waals surface area contributed by atoms with E-state index in [2.05, 4.69) is 36.4 Å². The van der Waals surface area contributed by atoms with Crippen LogP contribution in [0.4, 0.5) is 18.9 Å². The Hall–Kier alpha value is -3.41. The molecule has 1 N–H and O–H groups in total. The normalized spacial score (nSPS) is 11.8. The summed E-state index contributed by atoms with van der Waals surface area (Å²) in [4.78, 5) is 17.1. The molecule has 0 aliphatic rings. The molecule has 34 heavy (non-hydrogen) atoms. The van der Waals surface area contributed by atoms with Crippen molar-refractivity contribution in [1.29, 1.82) is 0 Å². The van der Waals surface area contributed by atoms with Gasteiger partial charge in [0.1, 0.15) is 11.4 Å². The summed E-state index contributed by atoms with van der Waals surface area (Å²) in [6.45, 7) is 5.41. The summed E-state index contributed by atoms with van der Waals surface area (Å²) in [5, 5.41) is 11.1. The first-order valence-electron chi connectivity index (χ1n) is 10.1. The van der Waals surface area contributed by atoms with Crippen molar-refractivity contribution in [2.45, 2.75) is 33.5 Å². The van der Waals surface area contributed by atoms with Crippen LogP contribution in [0.3, 0.4) is 0 Å². The summed E-state index contributed by atoms with van der Waals surface area (Å²) in [5.41, 5.74) is 1.45. The Kier molecular flexibility index (Phi) is 6.11. The number of aryl methyl sites for hydroxylation is 2. The van der Waals surface area contributed by atoms with Crippen LogP contribution in [0.2, 0.25) is 0 Å². The van der Waals surface area contributed by atoms with Crippen LogP contribution in [-0.4, -0.2) is 37.4 Å². The number of carbonyl (C=O) groups is 1. The molecule has 0 aliphatic carbocycles. The minimum atomic E-state index is -4.67. The van der Waals surface area contributed by atoms with E-state index in [1.807, 2.05) is 24.3 Å². The van der Waals surface area contributed by atoms with Gasteiger partial charge < -0.3 is 10.1 Å². The standard InChI is InChI=1S/C22H20BrF3N6O2/c1-11-8-16(22(24,25)26)32-20(27-11)17(23)19(30-32)21(33)28-18-12(2)29-31(13(18)3)10-14-6-5-7-15(9-14)34-4/h5-9H,10H2,1-4H3,(H,28,33).